The summed E-state index contributed by atoms with van der Waals surface area (Å²) in [4.78, 5) is 4.44. The number of nitrogens with zero attached hydrogens (tertiary/aromatic N) is 2. The predicted octanol–water partition coefficient (Wildman–Crippen LogP) is 1.98. The van der Waals surface area contributed by atoms with Crippen LogP contribution in [0.5, 0.6) is 0 Å². The largest absolute Gasteiger partial charge is 0.396 e. The van der Waals surface area contributed by atoms with E-state index >= 15 is 0 Å². The fourth-order valence-corrected chi connectivity index (χ4v) is 2.74. The maximum atomic E-state index is 13.8. The van der Waals surface area contributed by atoms with Gasteiger partial charge in [0, 0.05) is 49.4 Å². The summed E-state index contributed by atoms with van der Waals surface area (Å²) in [5.41, 5.74) is 0.566. The average Bonchev–Trinajstić information content (AvgIpc) is 2.38. The monoisotopic (exact) mass is 286 g/mol. The van der Waals surface area contributed by atoms with E-state index in [1.165, 1.54) is 6.07 Å². The van der Waals surface area contributed by atoms with E-state index in [4.69, 9.17) is 16.7 Å². The highest BCUT2D eigenvalue weighted by Gasteiger charge is 2.24. The van der Waals surface area contributed by atoms with E-state index in [0.717, 1.165) is 26.1 Å². The van der Waals surface area contributed by atoms with E-state index < -0.39 is 0 Å². The van der Waals surface area contributed by atoms with Gasteiger partial charge in [0.1, 0.15) is 5.82 Å². The molecule has 1 aromatic carbocycles. The maximum absolute atomic E-state index is 13.8. The van der Waals surface area contributed by atoms with Crippen LogP contribution in [-0.2, 0) is 6.54 Å². The van der Waals surface area contributed by atoms with Crippen LogP contribution in [0.25, 0.3) is 0 Å². The molecule has 0 aliphatic carbocycles. The van der Waals surface area contributed by atoms with Gasteiger partial charge >= 0.3 is 0 Å². The molecule has 1 N–H and O–H groups in total. The van der Waals surface area contributed by atoms with Crippen molar-refractivity contribution in [1.29, 1.82) is 0 Å². The number of piperazine rings is 1. The third kappa shape index (κ3) is 3.66. The molecule has 1 fully saturated rings. The van der Waals surface area contributed by atoms with Gasteiger partial charge in [-0.2, -0.15) is 0 Å². The molecule has 1 aromatic rings. The number of benzene rings is 1. The minimum absolute atomic E-state index is 0.184. The molecule has 0 bridgehead atoms. The van der Waals surface area contributed by atoms with Gasteiger partial charge in [-0.15, -0.1) is 0 Å². The molecule has 0 amide bonds. The van der Waals surface area contributed by atoms with Crippen LogP contribution in [0.4, 0.5) is 4.39 Å². The molecule has 5 heteroatoms. The molecule has 1 heterocycles. The van der Waals surface area contributed by atoms with Gasteiger partial charge in [-0.3, -0.25) is 4.90 Å². The Morgan fingerprint density at radius 2 is 2.21 bits per heavy atom. The Bertz CT molecular complexity index is 410. The number of aliphatic hydroxyl groups excluding tert-OH is 1. The lowest BCUT2D eigenvalue weighted by atomic mass is 10.1. The second-order valence-corrected chi connectivity index (χ2v) is 5.49. The first-order valence-electron chi connectivity index (χ1n) is 6.58. The lowest BCUT2D eigenvalue weighted by Gasteiger charge is -2.39. The quantitative estimate of drug-likeness (QED) is 0.917. The molecule has 2 rings (SSSR count). The fraction of sp³-hybridized carbons (Fsp3) is 0.571. The molecule has 1 aliphatic rings. The lowest BCUT2D eigenvalue weighted by molar-refractivity contribution is 0.0737. The molecule has 3 nitrogen and oxygen atoms in total. The highest BCUT2D eigenvalue weighted by Crippen LogP contribution is 2.22. The molecule has 0 radical (unpaired) electrons. The van der Waals surface area contributed by atoms with Crippen molar-refractivity contribution in [2.45, 2.75) is 19.0 Å². The van der Waals surface area contributed by atoms with E-state index in [9.17, 15) is 4.39 Å². The van der Waals surface area contributed by atoms with Crippen LogP contribution < -0.4 is 0 Å². The Balaban J connectivity index is 2.03. The molecule has 106 valence electrons. The van der Waals surface area contributed by atoms with E-state index in [0.29, 0.717) is 23.2 Å². The summed E-state index contributed by atoms with van der Waals surface area (Å²) >= 11 is 6.06. The minimum Gasteiger partial charge on any atom is -0.396 e. The topological polar surface area (TPSA) is 26.7 Å². The van der Waals surface area contributed by atoms with Gasteiger partial charge in [-0.25, -0.2) is 4.39 Å². The number of hydrogen-bond acceptors (Lipinski definition) is 3. The summed E-state index contributed by atoms with van der Waals surface area (Å²) in [5.74, 6) is -0.245. The SMILES string of the molecule is CN1CCN(Cc2c(F)cccc2Cl)C[C@H]1CCO. The molecule has 19 heavy (non-hydrogen) atoms. The molecule has 0 spiro atoms. The van der Waals surface area contributed by atoms with Crippen molar-refractivity contribution < 1.29 is 9.50 Å². The number of likely N-dealkylation sites (N-methyl/N-ethyl adjacent to an activating group) is 1. The zero-order valence-electron chi connectivity index (χ0n) is 11.1. The Labute approximate surface area is 118 Å². The van der Waals surface area contributed by atoms with E-state index in [-0.39, 0.29) is 12.4 Å². The van der Waals surface area contributed by atoms with Crippen molar-refractivity contribution in [2.24, 2.45) is 0 Å². The summed E-state index contributed by atoms with van der Waals surface area (Å²) in [5, 5.41) is 9.56. The van der Waals surface area contributed by atoms with Crippen LogP contribution in [0.3, 0.4) is 0 Å². The molecular weight excluding hydrogens is 267 g/mol. The van der Waals surface area contributed by atoms with Crippen LogP contribution in [0.1, 0.15) is 12.0 Å². The summed E-state index contributed by atoms with van der Waals surface area (Å²) in [6.45, 7) is 3.37. The van der Waals surface area contributed by atoms with Crippen LogP contribution in [0.15, 0.2) is 18.2 Å². The van der Waals surface area contributed by atoms with Crippen molar-refractivity contribution in [3.63, 3.8) is 0 Å². The first-order chi connectivity index (χ1) is 9.11. The second kappa shape index (κ2) is 6.66. The van der Waals surface area contributed by atoms with Gasteiger partial charge in [0.2, 0.25) is 0 Å². The molecule has 1 saturated heterocycles. The lowest BCUT2D eigenvalue weighted by Crippen LogP contribution is -2.51. The Kier molecular flexibility index (Phi) is 5.16. The zero-order chi connectivity index (χ0) is 13.8. The first-order valence-corrected chi connectivity index (χ1v) is 6.96. The van der Waals surface area contributed by atoms with Crippen LogP contribution in [0, 0.1) is 5.82 Å². The predicted molar refractivity (Wildman–Crippen MR) is 74.8 cm³/mol. The molecule has 0 unspecified atom stereocenters. The zero-order valence-corrected chi connectivity index (χ0v) is 11.9. The fourth-order valence-electron chi connectivity index (χ4n) is 2.52. The van der Waals surface area contributed by atoms with Gasteiger partial charge < -0.3 is 10.0 Å². The van der Waals surface area contributed by atoms with Crippen molar-refractivity contribution >= 4 is 11.6 Å². The number of aliphatic hydroxyl groups is 1. The number of rotatable bonds is 4. The van der Waals surface area contributed by atoms with Crippen molar-refractivity contribution in [1.82, 2.24) is 9.80 Å². The highest BCUT2D eigenvalue weighted by molar-refractivity contribution is 6.31. The third-order valence-corrected chi connectivity index (χ3v) is 4.12. The van der Waals surface area contributed by atoms with Gasteiger partial charge in [0.05, 0.1) is 0 Å². The smallest absolute Gasteiger partial charge is 0.129 e. The van der Waals surface area contributed by atoms with E-state index in [2.05, 4.69) is 16.8 Å². The van der Waals surface area contributed by atoms with Crippen molar-refractivity contribution in [3.05, 3.63) is 34.6 Å². The molecular formula is C14H20ClFN2O. The molecule has 1 aliphatic heterocycles. The van der Waals surface area contributed by atoms with Gasteiger partial charge in [-0.1, -0.05) is 17.7 Å². The first kappa shape index (κ1) is 14.7. The Morgan fingerprint density at radius 1 is 1.42 bits per heavy atom. The van der Waals surface area contributed by atoms with Gasteiger partial charge in [0.25, 0.3) is 0 Å². The van der Waals surface area contributed by atoms with Crippen molar-refractivity contribution in [2.75, 3.05) is 33.3 Å². The van der Waals surface area contributed by atoms with Gasteiger partial charge in [-0.05, 0) is 25.6 Å². The van der Waals surface area contributed by atoms with E-state index in [1.807, 2.05) is 0 Å². The number of halogens is 2. The van der Waals surface area contributed by atoms with Crippen LogP contribution >= 0.6 is 11.6 Å². The normalized spacial score (nSPS) is 21.8. The van der Waals surface area contributed by atoms with Crippen LogP contribution in [-0.4, -0.2) is 54.2 Å². The number of hydrogen-bond donors (Lipinski definition) is 1. The minimum atomic E-state index is -0.245. The Hall–Kier alpha value is -0.680. The summed E-state index contributed by atoms with van der Waals surface area (Å²) in [7, 11) is 2.06. The highest BCUT2D eigenvalue weighted by atomic mass is 35.5. The second-order valence-electron chi connectivity index (χ2n) is 5.08. The third-order valence-electron chi connectivity index (χ3n) is 3.77. The standard InChI is InChI=1S/C14H20ClFN2O/c1-17-6-7-18(9-11(17)5-8-19)10-12-13(15)3-2-4-14(12)16/h2-4,11,19H,5-10H2,1H3/t11-/m1/s1. The molecule has 0 aromatic heterocycles. The summed E-state index contributed by atoms with van der Waals surface area (Å²) in [6, 6.07) is 5.12. The van der Waals surface area contributed by atoms with Crippen LogP contribution in [0.2, 0.25) is 5.02 Å². The summed E-state index contributed by atoms with van der Waals surface area (Å²) < 4.78 is 13.8. The average molecular weight is 287 g/mol. The summed E-state index contributed by atoms with van der Waals surface area (Å²) in [6.07, 6.45) is 0.748. The Morgan fingerprint density at radius 3 is 2.89 bits per heavy atom. The molecule has 1 atom stereocenters. The van der Waals surface area contributed by atoms with Crippen molar-refractivity contribution in [3.8, 4) is 0 Å². The van der Waals surface area contributed by atoms with Gasteiger partial charge in [0.15, 0.2) is 0 Å². The van der Waals surface area contributed by atoms with E-state index in [1.54, 1.807) is 12.1 Å². The maximum Gasteiger partial charge on any atom is 0.129 e. The molecule has 0 saturated carbocycles.